The first-order valence-electron chi connectivity index (χ1n) is 12.1. The third-order valence-electron chi connectivity index (χ3n) is 6.74. The first kappa shape index (κ1) is 23.7. The van der Waals surface area contributed by atoms with Gasteiger partial charge in [0.15, 0.2) is 0 Å². The number of ether oxygens (including phenoxy) is 2. The fraction of sp³-hybridized carbons (Fsp3) is 0.357. The van der Waals surface area contributed by atoms with E-state index in [4.69, 9.17) is 9.47 Å². The van der Waals surface area contributed by atoms with Crippen LogP contribution in [-0.4, -0.2) is 53.1 Å². The Morgan fingerprint density at radius 2 is 2.00 bits per heavy atom. The Hall–Kier alpha value is -3.00. The molecule has 4 heterocycles. The summed E-state index contributed by atoms with van der Waals surface area (Å²) in [7, 11) is 1.57. The fourth-order valence-electron chi connectivity index (χ4n) is 4.83. The molecule has 0 radical (unpaired) electrons. The summed E-state index contributed by atoms with van der Waals surface area (Å²) in [4.78, 5) is 21.6. The summed E-state index contributed by atoms with van der Waals surface area (Å²) in [5.41, 5.74) is 3.02. The van der Waals surface area contributed by atoms with Crippen LogP contribution in [0, 0.1) is 6.92 Å². The van der Waals surface area contributed by atoms with Crippen molar-refractivity contribution >= 4 is 27.3 Å². The number of aryl methyl sites for hydroxylation is 1. The molecule has 0 aliphatic carbocycles. The topological polar surface area (TPSA) is 56.6 Å². The summed E-state index contributed by atoms with van der Waals surface area (Å²) in [6.45, 7) is 6.57. The van der Waals surface area contributed by atoms with Crippen molar-refractivity contribution in [2.75, 3.05) is 26.8 Å². The zero-order chi connectivity index (χ0) is 24.2. The van der Waals surface area contributed by atoms with Crippen LogP contribution in [0.3, 0.4) is 0 Å². The number of nitrogens with zero attached hydrogens (tertiary/aromatic N) is 3. The molecule has 1 aliphatic heterocycles. The summed E-state index contributed by atoms with van der Waals surface area (Å²) in [5.74, 6) is 0.506. The van der Waals surface area contributed by atoms with E-state index in [-0.39, 0.29) is 5.78 Å². The summed E-state index contributed by atoms with van der Waals surface area (Å²) >= 11 is 1.56. The van der Waals surface area contributed by atoms with E-state index >= 15 is 0 Å². The van der Waals surface area contributed by atoms with Crippen LogP contribution in [0.15, 0.2) is 60.8 Å². The molecule has 0 saturated carbocycles. The highest BCUT2D eigenvalue weighted by Gasteiger charge is 2.25. The average molecular weight is 490 g/mol. The zero-order valence-electron chi connectivity index (χ0n) is 20.3. The molecule has 0 bridgehead atoms. The molecular weight excluding hydrogens is 458 g/mol. The highest BCUT2D eigenvalue weighted by atomic mass is 32.1. The predicted molar refractivity (Wildman–Crippen MR) is 139 cm³/mol. The second-order valence-electron chi connectivity index (χ2n) is 9.06. The number of carbonyl (C=O) groups excluding carboxylic acids is 1. The minimum absolute atomic E-state index is 0.000674. The van der Waals surface area contributed by atoms with Crippen LogP contribution >= 0.6 is 11.3 Å². The summed E-state index contributed by atoms with van der Waals surface area (Å²) in [6, 6.07) is 18.5. The molecule has 0 N–H and O–H groups in total. The van der Waals surface area contributed by atoms with E-state index in [2.05, 4.69) is 51.7 Å². The van der Waals surface area contributed by atoms with E-state index in [9.17, 15) is 4.79 Å². The molecule has 5 rings (SSSR count). The fourth-order valence-corrected chi connectivity index (χ4v) is 6.02. The lowest BCUT2D eigenvalue weighted by molar-refractivity contribution is 0.0658. The first-order chi connectivity index (χ1) is 17.1. The summed E-state index contributed by atoms with van der Waals surface area (Å²) < 4.78 is 13.5. The molecular formula is C28H31N3O3S. The van der Waals surface area contributed by atoms with Crippen LogP contribution < -0.4 is 4.74 Å². The molecule has 1 fully saturated rings. The van der Waals surface area contributed by atoms with Gasteiger partial charge in [-0.25, -0.2) is 4.98 Å². The highest BCUT2D eigenvalue weighted by molar-refractivity contribution is 7.20. The lowest BCUT2D eigenvalue weighted by atomic mass is 10.1. The predicted octanol–water partition coefficient (Wildman–Crippen LogP) is 5.33. The maximum Gasteiger partial charge on any atom is 0.212 e. The van der Waals surface area contributed by atoms with Gasteiger partial charge in [0.25, 0.3) is 0 Å². The van der Waals surface area contributed by atoms with Gasteiger partial charge in [-0.05, 0) is 50.1 Å². The number of methoxy groups -OCH3 is 1. The molecule has 1 saturated heterocycles. The third kappa shape index (κ3) is 5.32. The maximum atomic E-state index is 13.0. The van der Waals surface area contributed by atoms with Crippen LogP contribution in [0.2, 0.25) is 0 Å². The van der Waals surface area contributed by atoms with E-state index in [1.54, 1.807) is 36.8 Å². The molecule has 3 aromatic heterocycles. The minimum Gasteiger partial charge on any atom is -0.481 e. The lowest BCUT2D eigenvalue weighted by Crippen LogP contribution is -2.35. The van der Waals surface area contributed by atoms with Crippen LogP contribution in [-0.2, 0) is 17.9 Å². The van der Waals surface area contributed by atoms with E-state index < -0.39 is 0 Å². The second-order valence-corrected chi connectivity index (χ2v) is 10.1. The van der Waals surface area contributed by atoms with E-state index in [0.29, 0.717) is 24.1 Å². The van der Waals surface area contributed by atoms with Crippen molar-refractivity contribution in [1.29, 1.82) is 0 Å². The van der Waals surface area contributed by atoms with Crippen molar-refractivity contribution in [3.63, 3.8) is 0 Å². The van der Waals surface area contributed by atoms with Gasteiger partial charge in [-0.3, -0.25) is 9.69 Å². The number of hydrogen-bond acceptors (Lipinski definition) is 6. The Labute approximate surface area is 210 Å². The number of likely N-dealkylation sites (tertiary alicyclic amines) is 1. The Kier molecular flexibility index (Phi) is 7.27. The van der Waals surface area contributed by atoms with Gasteiger partial charge >= 0.3 is 0 Å². The molecule has 1 aliphatic rings. The Balaban J connectivity index is 1.23. The van der Waals surface area contributed by atoms with Gasteiger partial charge in [-0.2, -0.15) is 0 Å². The molecule has 7 heteroatoms. The number of fused-ring (bicyclic) bond motifs is 1. The molecule has 1 aromatic carbocycles. The largest absolute Gasteiger partial charge is 0.481 e. The van der Waals surface area contributed by atoms with E-state index in [1.165, 1.54) is 24.1 Å². The van der Waals surface area contributed by atoms with Crippen LogP contribution in [0.4, 0.5) is 0 Å². The summed E-state index contributed by atoms with van der Waals surface area (Å²) in [6.07, 6.45) is 3.98. The van der Waals surface area contributed by atoms with Crippen molar-refractivity contribution in [2.45, 2.75) is 39.0 Å². The lowest BCUT2D eigenvalue weighted by Gasteiger charge is -2.25. The van der Waals surface area contributed by atoms with E-state index in [1.807, 2.05) is 12.1 Å². The first-order valence-corrected chi connectivity index (χ1v) is 12.9. The number of aromatic nitrogens is 2. The maximum absolute atomic E-state index is 13.0. The highest BCUT2D eigenvalue weighted by Crippen LogP contribution is 2.31. The smallest absolute Gasteiger partial charge is 0.212 e. The number of ketones is 1. The number of carbonyl (C=O) groups is 1. The number of thiophene rings is 1. The monoisotopic (exact) mass is 489 g/mol. The van der Waals surface area contributed by atoms with Crippen molar-refractivity contribution < 1.29 is 14.3 Å². The average Bonchev–Trinajstić information content (AvgIpc) is 3.58. The molecule has 4 aromatic rings. The van der Waals surface area contributed by atoms with Crippen LogP contribution in [0.1, 0.15) is 39.3 Å². The van der Waals surface area contributed by atoms with Crippen molar-refractivity contribution in [2.24, 2.45) is 0 Å². The number of benzene rings is 1. The molecule has 0 amide bonds. The molecule has 6 nitrogen and oxygen atoms in total. The zero-order valence-corrected chi connectivity index (χ0v) is 21.1. The standard InChI is InChI=1S/C28H31N3O3S/c1-20-15-23-16-25(27(32)22-10-11-26(33-2)29-17-22)35-28(23)31(20)14-13-30-12-6-9-24(30)19-34-18-21-7-4-3-5-8-21/h3-5,7-8,10-11,15-17,24H,6,9,12-14,18-19H2,1-2H3. The normalized spacial score (nSPS) is 16.2. The van der Waals surface area contributed by atoms with Gasteiger partial charge < -0.3 is 14.0 Å². The Morgan fingerprint density at radius 1 is 1.14 bits per heavy atom. The summed E-state index contributed by atoms with van der Waals surface area (Å²) in [5, 5.41) is 1.13. The number of pyridine rings is 1. The minimum atomic E-state index is 0.000674. The number of hydrogen-bond donors (Lipinski definition) is 0. The molecule has 1 unspecified atom stereocenters. The van der Waals surface area contributed by atoms with Crippen molar-refractivity contribution in [1.82, 2.24) is 14.5 Å². The SMILES string of the molecule is COc1ccc(C(=O)c2cc3cc(C)n(CCN4CCCC4COCc4ccccc4)c3s2)cn1. The molecule has 1 atom stereocenters. The van der Waals surface area contributed by atoms with Crippen molar-refractivity contribution in [3.05, 3.63) is 82.5 Å². The van der Waals surface area contributed by atoms with E-state index in [0.717, 1.165) is 41.3 Å². The second kappa shape index (κ2) is 10.7. The molecule has 0 spiro atoms. The Bertz CT molecular complexity index is 1280. The van der Waals surface area contributed by atoms with Crippen LogP contribution in [0.25, 0.3) is 10.2 Å². The van der Waals surface area contributed by atoms with Gasteiger partial charge in [-0.15, -0.1) is 11.3 Å². The van der Waals surface area contributed by atoms with Gasteiger partial charge in [0.05, 0.1) is 25.2 Å². The molecule has 182 valence electrons. The van der Waals surface area contributed by atoms with Crippen LogP contribution in [0.5, 0.6) is 5.88 Å². The van der Waals surface area contributed by atoms with Gasteiger partial charge in [0, 0.05) is 48.0 Å². The third-order valence-corrected chi connectivity index (χ3v) is 7.91. The van der Waals surface area contributed by atoms with Crippen molar-refractivity contribution in [3.8, 4) is 5.88 Å². The Morgan fingerprint density at radius 3 is 2.77 bits per heavy atom. The van der Waals surface area contributed by atoms with Gasteiger partial charge in [0.1, 0.15) is 4.83 Å². The quantitative estimate of drug-likeness (QED) is 0.282. The number of rotatable bonds is 10. The molecule has 35 heavy (non-hydrogen) atoms. The van der Waals surface area contributed by atoms with Gasteiger partial charge in [-0.1, -0.05) is 30.3 Å². The van der Waals surface area contributed by atoms with Gasteiger partial charge in [0.2, 0.25) is 11.7 Å².